The summed E-state index contributed by atoms with van der Waals surface area (Å²) >= 11 is 0. The van der Waals surface area contributed by atoms with Crippen molar-refractivity contribution in [3.63, 3.8) is 0 Å². The van der Waals surface area contributed by atoms with Gasteiger partial charge in [-0.25, -0.2) is 9.97 Å². The molecule has 1 amide bonds. The van der Waals surface area contributed by atoms with Gasteiger partial charge in [-0.15, -0.1) is 0 Å². The summed E-state index contributed by atoms with van der Waals surface area (Å²) in [5.74, 6) is 0.512. The lowest BCUT2D eigenvalue weighted by atomic mass is 10.0. The molecule has 0 radical (unpaired) electrons. The van der Waals surface area contributed by atoms with Crippen molar-refractivity contribution in [1.82, 2.24) is 14.9 Å². The van der Waals surface area contributed by atoms with Crippen molar-refractivity contribution in [2.24, 2.45) is 0 Å². The number of aromatic nitrogens is 2. The number of nitrogens with zero attached hydrogens (tertiary/aromatic N) is 3. The van der Waals surface area contributed by atoms with E-state index in [1.165, 1.54) is 5.56 Å². The maximum Gasteiger partial charge on any atom is 0.257 e. The maximum absolute atomic E-state index is 12.7. The first-order valence-electron chi connectivity index (χ1n) is 9.48. The zero-order chi connectivity index (χ0) is 20.1. The fourth-order valence-electron chi connectivity index (χ4n) is 3.17. The highest BCUT2D eigenvalue weighted by atomic mass is 16.2. The molecule has 4 rings (SSSR count). The molecule has 0 fully saturated rings. The molecule has 0 saturated heterocycles. The van der Waals surface area contributed by atoms with Gasteiger partial charge in [-0.2, -0.15) is 0 Å². The standard InChI is InChI=1S/C25H21N3O/c1-28(18-19-12-14-21(15-13-19)20-8-4-2-5-9-20)25(29)23-16-26-24(27-17-23)22-10-6-3-7-11-22/h2-17H,18H2,1H3. The van der Waals surface area contributed by atoms with Crippen LogP contribution in [0.25, 0.3) is 22.5 Å². The SMILES string of the molecule is CN(Cc1ccc(-c2ccccc2)cc1)C(=O)c1cnc(-c2ccccc2)nc1. The molecule has 29 heavy (non-hydrogen) atoms. The molecule has 3 aromatic carbocycles. The van der Waals surface area contributed by atoms with E-state index in [1.54, 1.807) is 24.3 Å². The summed E-state index contributed by atoms with van der Waals surface area (Å²) in [7, 11) is 1.79. The highest BCUT2D eigenvalue weighted by molar-refractivity contribution is 5.93. The van der Waals surface area contributed by atoms with Crippen LogP contribution >= 0.6 is 0 Å². The molecule has 0 aliphatic carbocycles. The predicted molar refractivity (Wildman–Crippen MR) is 115 cm³/mol. The second kappa shape index (κ2) is 8.48. The lowest BCUT2D eigenvalue weighted by Crippen LogP contribution is -2.26. The molecule has 0 spiro atoms. The minimum Gasteiger partial charge on any atom is -0.337 e. The van der Waals surface area contributed by atoms with Gasteiger partial charge in [0, 0.05) is 31.5 Å². The van der Waals surface area contributed by atoms with E-state index < -0.39 is 0 Å². The summed E-state index contributed by atoms with van der Waals surface area (Å²) in [6, 6.07) is 28.2. The van der Waals surface area contributed by atoms with Crippen molar-refractivity contribution in [2.75, 3.05) is 7.05 Å². The largest absolute Gasteiger partial charge is 0.337 e. The molecule has 0 bridgehead atoms. The minimum absolute atomic E-state index is 0.100. The Bertz CT molecular complexity index is 1080. The van der Waals surface area contributed by atoms with Crippen LogP contribution in [0.2, 0.25) is 0 Å². The Morgan fingerprint density at radius 2 is 1.24 bits per heavy atom. The Kier molecular flexibility index (Phi) is 5.43. The van der Waals surface area contributed by atoms with Gasteiger partial charge in [0.25, 0.3) is 5.91 Å². The summed E-state index contributed by atoms with van der Waals surface area (Å²) in [5, 5.41) is 0. The van der Waals surface area contributed by atoms with E-state index in [2.05, 4.69) is 46.4 Å². The van der Waals surface area contributed by atoms with E-state index in [4.69, 9.17) is 0 Å². The second-order valence-electron chi connectivity index (χ2n) is 6.89. The number of carbonyl (C=O) groups excluding carboxylic acids is 1. The van der Waals surface area contributed by atoms with Crippen molar-refractivity contribution in [2.45, 2.75) is 6.54 Å². The van der Waals surface area contributed by atoms with Gasteiger partial charge in [0.15, 0.2) is 5.82 Å². The third kappa shape index (κ3) is 4.38. The van der Waals surface area contributed by atoms with E-state index in [9.17, 15) is 4.79 Å². The van der Waals surface area contributed by atoms with Crippen LogP contribution in [0.5, 0.6) is 0 Å². The summed E-state index contributed by atoms with van der Waals surface area (Å²) in [5.41, 5.74) is 4.82. The van der Waals surface area contributed by atoms with Gasteiger partial charge in [0.1, 0.15) is 0 Å². The molecule has 1 heterocycles. The van der Waals surface area contributed by atoms with Gasteiger partial charge in [0.05, 0.1) is 5.56 Å². The quantitative estimate of drug-likeness (QED) is 0.486. The highest BCUT2D eigenvalue weighted by Gasteiger charge is 2.14. The Labute approximate surface area is 170 Å². The van der Waals surface area contributed by atoms with Gasteiger partial charge in [0.2, 0.25) is 0 Å². The summed E-state index contributed by atoms with van der Waals surface area (Å²) in [6.07, 6.45) is 3.18. The van der Waals surface area contributed by atoms with Crippen LogP contribution in [-0.4, -0.2) is 27.8 Å². The molecule has 0 aliphatic heterocycles. The topological polar surface area (TPSA) is 46.1 Å². The van der Waals surface area contributed by atoms with Crippen LogP contribution in [0, 0.1) is 0 Å². The first-order chi connectivity index (χ1) is 14.2. The fraction of sp³-hybridized carbons (Fsp3) is 0.0800. The van der Waals surface area contributed by atoms with E-state index >= 15 is 0 Å². The van der Waals surface area contributed by atoms with E-state index in [0.717, 1.165) is 16.7 Å². The van der Waals surface area contributed by atoms with Crippen LogP contribution in [-0.2, 0) is 6.54 Å². The van der Waals surface area contributed by atoms with E-state index in [1.807, 2.05) is 48.5 Å². The van der Waals surface area contributed by atoms with E-state index in [-0.39, 0.29) is 5.91 Å². The first kappa shape index (κ1) is 18.6. The summed E-state index contributed by atoms with van der Waals surface area (Å²) in [4.78, 5) is 23.1. The molecular weight excluding hydrogens is 358 g/mol. The number of benzene rings is 3. The summed E-state index contributed by atoms with van der Waals surface area (Å²) in [6.45, 7) is 0.522. The highest BCUT2D eigenvalue weighted by Crippen LogP contribution is 2.20. The Morgan fingerprint density at radius 3 is 1.83 bits per heavy atom. The second-order valence-corrected chi connectivity index (χ2v) is 6.89. The third-order valence-electron chi connectivity index (χ3n) is 4.76. The molecule has 0 unspecified atom stereocenters. The molecule has 1 aromatic heterocycles. The summed E-state index contributed by atoms with van der Waals surface area (Å²) < 4.78 is 0. The third-order valence-corrected chi connectivity index (χ3v) is 4.76. The average molecular weight is 379 g/mol. The minimum atomic E-state index is -0.100. The number of amides is 1. The number of rotatable bonds is 5. The molecule has 0 N–H and O–H groups in total. The molecule has 0 atom stereocenters. The molecule has 0 aliphatic rings. The Hall–Kier alpha value is -3.79. The van der Waals surface area contributed by atoms with Crippen molar-refractivity contribution in [3.8, 4) is 22.5 Å². The van der Waals surface area contributed by atoms with Crippen LogP contribution in [0.15, 0.2) is 97.3 Å². The number of hydrogen-bond acceptors (Lipinski definition) is 3. The van der Waals surface area contributed by atoms with Crippen molar-refractivity contribution >= 4 is 5.91 Å². The van der Waals surface area contributed by atoms with Crippen LogP contribution < -0.4 is 0 Å². The maximum atomic E-state index is 12.7. The number of carbonyl (C=O) groups is 1. The zero-order valence-electron chi connectivity index (χ0n) is 16.2. The molecule has 142 valence electrons. The van der Waals surface area contributed by atoms with Gasteiger partial charge >= 0.3 is 0 Å². The van der Waals surface area contributed by atoms with Gasteiger partial charge in [-0.1, -0.05) is 84.9 Å². The molecular formula is C25H21N3O. The predicted octanol–water partition coefficient (Wildman–Crippen LogP) is 5.08. The van der Waals surface area contributed by atoms with Gasteiger partial charge in [-0.3, -0.25) is 4.79 Å². The van der Waals surface area contributed by atoms with Crippen LogP contribution in [0.4, 0.5) is 0 Å². The molecule has 4 heteroatoms. The Balaban J connectivity index is 1.43. The monoisotopic (exact) mass is 379 g/mol. The molecule has 0 saturated carbocycles. The normalized spacial score (nSPS) is 10.5. The van der Waals surface area contributed by atoms with Crippen LogP contribution in [0.1, 0.15) is 15.9 Å². The van der Waals surface area contributed by atoms with Gasteiger partial charge < -0.3 is 4.90 Å². The molecule has 4 aromatic rings. The van der Waals surface area contributed by atoms with Crippen LogP contribution in [0.3, 0.4) is 0 Å². The smallest absolute Gasteiger partial charge is 0.257 e. The number of hydrogen-bond donors (Lipinski definition) is 0. The lowest BCUT2D eigenvalue weighted by molar-refractivity contribution is 0.0784. The van der Waals surface area contributed by atoms with Crippen molar-refractivity contribution in [3.05, 3.63) is 108 Å². The van der Waals surface area contributed by atoms with Crippen molar-refractivity contribution in [1.29, 1.82) is 0 Å². The fourth-order valence-corrected chi connectivity index (χ4v) is 3.17. The Morgan fingerprint density at radius 1 is 0.724 bits per heavy atom. The average Bonchev–Trinajstić information content (AvgIpc) is 2.80. The zero-order valence-corrected chi connectivity index (χ0v) is 16.2. The van der Waals surface area contributed by atoms with E-state index in [0.29, 0.717) is 17.9 Å². The van der Waals surface area contributed by atoms with Gasteiger partial charge in [-0.05, 0) is 16.7 Å². The molecule has 4 nitrogen and oxygen atoms in total. The lowest BCUT2D eigenvalue weighted by Gasteiger charge is -2.17. The first-order valence-corrected chi connectivity index (χ1v) is 9.48. The van der Waals surface area contributed by atoms with Crippen molar-refractivity contribution < 1.29 is 4.79 Å².